The molecule has 6 heteroatoms. The Labute approximate surface area is 159 Å². The molecule has 5 nitrogen and oxygen atoms in total. The van der Waals surface area contributed by atoms with Crippen LogP contribution in [0.15, 0.2) is 36.4 Å². The van der Waals surface area contributed by atoms with Gasteiger partial charge in [0.05, 0.1) is 12.3 Å². The van der Waals surface area contributed by atoms with E-state index in [9.17, 15) is 9.18 Å². The summed E-state index contributed by atoms with van der Waals surface area (Å²) in [7, 11) is 1.93. The molecule has 0 spiro atoms. The largest absolute Gasteiger partial charge is 0.490 e. The van der Waals surface area contributed by atoms with E-state index in [0.29, 0.717) is 31.7 Å². The van der Waals surface area contributed by atoms with Crippen LogP contribution < -0.4 is 15.0 Å². The lowest BCUT2D eigenvalue weighted by Gasteiger charge is -2.23. The zero-order chi connectivity index (χ0) is 19.2. The predicted molar refractivity (Wildman–Crippen MR) is 104 cm³/mol. The van der Waals surface area contributed by atoms with Crippen molar-refractivity contribution in [2.24, 2.45) is 0 Å². The molecule has 1 heterocycles. The van der Waals surface area contributed by atoms with Gasteiger partial charge in [0.25, 0.3) is 0 Å². The Hall–Kier alpha value is -2.76. The summed E-state index contributed by atoms with van der Waals surface area (Å²) in [6, 6.07) is 11.2. The van der Waals surface area contributed by atoms with Gasteiger partial charge in [-0.3, -0.25) is 4.79 Å². The highest BCUT2D eigenvalue weighted by Crippen LogP contribution is 2.29. The molecule has 3 rings (SSSR count). The number of rotatable bonds is 7. The SMILES string of the molecule is CCOC(=O)CCc1ccc(N(C)Cc2ccc3c(c2)NCCO3)cc1F. The molecule has 1 N–H and O–H groups in total. The summed E-state index contributed by atoms with van der Waals surface area (Å²) in [5.74, 6) is 0.261. The highest BCUT2D eigenvalue weighted by Gasteiger charge is 2.12. The second-order valence-electron chi connectivity index (χ2n) is 6.54. The van der Waals surface area contributed by atoms with E-state index in [1.54, 1.807) is 13.0 Å². The van der Waals surface area contributed by atoms with Crippen LogP contribution in [0.1, 0.15) is 24.5 Å². The molecule has 1 aliphatic rings. The van der Waals surface area contributed by atoms with Crippen LogP contribution in [0, 0.1) is 5.82 Å². The molecular weight excluding hydrogens is 347 g/mol. The Kier molecular flexibility index (Phi) is 6.16. The lowest BCUT2D eigenvalue weighted by Crippen LogP contribution is -2.20. The van der Waals surface area contributed by atoms with Gasteiger partial charge < -0.3 is 19.7 Å². The van der Waals surface area contributed by atoms with Crippen molar-refractivity contribution in [3.05, 3.63) is 53.3 Å². The average molecular weight is 372 g/mol. The highest BCUT2D eigenvalue weighted by atomic mass is 19.1. The molecule has 27 heavy (non-hydrogen) atoms. The maximum absolute atomic E-state index is 14.4. The normalized spacial score (nSPS) is 12.6. The number of carbonyl (C=O) groups is 1. The molecule has 0 atom stereocenters. The topological polar surface area (TPSA) is 50.8 Å². The van der Waals surface area contributed by atoms with Crippen LogP contribution in [0.25, 0.3) is 0 Å². The number of fused-ring (bicyclic) bond motifs is 1. The lowest BCUT2D eigenvalue weighted by atomic mass is 10.1. The number of benzene rings is 2. The van der Waals surface area contributed by atoms with Gasteiger partial charge in [0.1, 0.15) is 18.2 Å². The maximum atomic E-state index is 14.4. The highest BCUT2D eigenvalue weighted by molar-refractivity contribution is 5.69. The minimum Gasteiger partial charge on any atom is -0.490 e. The van der Waals surface area contributed by atoms with E-state index in [4.69, 9.17) is 9.47 Å². The first kappa shape index (κ1) is 19.0. The monoisotopic (exact) mass is 372 g/mol. The van der Waals surface area contributed by atoms with Crippen LogP contribution in [-0.4, -0.2) is 32.8 Å². The third-order valence-electron chi connectivity index (χ3n) is 4.52. The van der Waals surface area contributed by atoms with Crippen molar-refractivity contribution in [1.82, 2.24) is 0 Å². The zero-order valence-corrected chi connectivity index (χ0v) is 15.8. The second-order valence-corrected chi connectivity index (χ2v) is 6.54. The molecule has 0 aliphatic carbocycles. The van der Waals surface area contributed by atoms with E-state index in [2.05, 4.69) is 11.4 Å². The number of hydrogen-bond acceptors (Lipinski definition) is 5. The van der Waals surface area contributed by atoms with Crippen LogP contribution in [0.4, 0.5) is 15.8 Å². The Morgan fingerprint density at radius 3 is 2.93 bits per heavy atom. The van der Waals surface area contributed by atoms with Crippen molar-refractivity contribution < 1.29 is 18.7 Å². The molecule has 144 valence electrons. The number of esters is 1. The van der Waals surface area contributed by atoms with E-state index in [0.717, 1.165) is 29.2 Å². The molecule has 0 unspecified atom stereocenters. The maximum Gasteiger partial charge on any atom is 0.306 e. The van der Waals surface area contributed by atoms with Gasteiger partial charge in [-0.25, -0.2) is 4.39 Å². The zero-order valence-electron chi connectivity index (χ0n) is 15.8. The number of ether oxygens (including phenoxy) is 2. The molecule has 0 saturated carbocycles. The summed E-state index contributed by atoms with van der Waals surface area (Å²) < 4.78 is 24.9. The van der Waals surface area contributed by atoms with Gasteiger partial charge >= 0.3 is 5.97 Å². The third kappa shape index (κ3) is 4.90. The molecular formula is C21H25FN2O3. The van der Waals surface area contributed by atoms with Crippen molar-refractivity contribution in [3.8, 4) is 5.75 Å². The minimum atomic E-state index is -0.303. The fraction of sp³-hybridized carbons (Fsp3) is 0.381. The van der Waals surface area contributed by atoms with Crippen molar-refractivity contribution in [3.63, 3.8) is 0 Å². The van der Waals surface area contributed by atoms with Crippen molar-refractivity contribution in [2.75, 3.05) is 37.0 Å². The Morgan fingerprint density at radius 1 is 1.30 bits per heavy atom. The number of aryl methyl sites for hydroxylation is 1. The van der Waals surface area contributed by atoms with Crippen molar-refractivity contribution >= 4 is 17.3 Å². The van der Waals surface area contributed by atoms with E-state index >= 15 is 0 Å². The molecule has 0 fully saturated rings. The number of nitrogens with zero attached hydrogens (tertiary/aromatic N) is 1. The first-order valence-electron chi connectivity index (χ1n) is 9.21. The van der Waals surface area contributed by atoms with Gasteiger partial charge in [-0.15, -0.1) is 0 Å². The number of anilines is 2. The molecule has 0 radical (unpaired) electrons. The Balaban J connectivity index is 1.64. The second kappa shape index (κ2) is 8.75. The van der Waals surface area contributed by atoms with Gasteiger partial charge in [-0.2, -0.15) is 0 Å². The van der Waals surface area contributed by atoms with Gasteiger partial charge in [0.2, 0.25) is 0 Å². The first-order chi connectivity index (χ1) is 13.1. The molecule has 0 amide bonds. The smallest absolute Gasteiger partial charge is 0.306 e. The van der Waals surface area contributed by atoms with Crippen LogP contribution >= 0.6 is 0 Å². The van der Waals surface area contributed by atoms with Gasteiger partial charge in [-0.1, -0.05) is 12.1 Å². The number of nitrogens with one attached hydrogen (secondary N) is 1. The summed E-state index contributed by atoms with van der Waals surface area (Å²) in [5.41, 5.74) is 3.42. The molecule has 2 aromatic carbocycles. The summed E-state index contributed by atoms with van der Waals surface area (Å²) in [5, 5.41) is 3.32. The average Bonchev–Trinajstić information content (AvgIpc) is 2.67. The number of carbonyl (C=O) groups excluding carboxylic acids is 1. The van der Waals surface area contributed by atoms with Gasteiger partial charge in [0.15, 0.2) is 0 Å². The predicted octanol–water partition coefficient (Wildman–Crippen LogP) is 3.76. The van der Waals surface area contributed by atoms with E-state index in [1.807, 2.05) is 30.1 Å². The minimum absolute atomic E-state index is 0.185. The Bertz CT molecular complexity index is 810. The van der Waals surface area contributed by atoms with Crippen LogP contribution in [0.5, 0.6) is 5.75 Å². The van der Waals surface area contributed by atoms with Crippen LogP contribution in [0.2, 0.25) is 0 Å². The fourth-order valence-electron chi connectivity index (χ4n) is 3.10. The molecule has 0 bridgehead atoms. The van der Waals surface area contributed by atoms with Crippen LogP contribution in [0.3, 0.4) is 0 Å². The summed E-state index contributed by atoms with van der Waals surface area (Å²) in [6.07, 6.45) is 0.523. The fourth-order valence-corrected chi connectivity index (χ4v) is 3.10. The van der Waals surface area contributed by atoms with E-state index in [1.165, 1.54) is 6.07 Å². The standard InChI is InChI=1S/C21H25FN2O3/c1-3-26-21(25)9-6-16-5-7-17(13-18(16)22)24(2)14-15-4-8-20-19(12-15)23-10-11-27-20/h4-5,7-8,12-13,23H,3,6,9-11,14H2,1-2H3. The molecule has 0 aromatic heterocycles. The van der Waals surface area contributed by atoms with Crippen molar-refractivity contribution in [1.29, 1.82) is 0 Å². The van der Waals surface area contributed by atoms with Gasteiger partial charge in [0, 0.05) is 32.2 Å². The lowest BCUT2D eigenvalue weighted by molar-refractivity contribution is -0.143. The molecule has 2 aromatic rings. The first-order valence-corrected chi connectivity index (χ1v) is 9.21. The van der Waals surface area contributed by atoms with Crippen molar-refractivity contribution in [2.45, 2.75) is 26.3 Å². The number of halogens is 1. The van der Waals surface area contributed by atoms with Crippen LogP contribution in [-0.2, 0) is 22.5 Å². The summed E-state index contributed by atoms with van der Waals surface area (Å²) in [6.45, 7) is 4.22. The number of hydrogen-bond donors (Lipinski definition) is 1. The van der Waals surface area contributed by atoms with Gasteiger partial charge in [-0.05, 0) is 48.7 Å². The molecule has 1 aliphatic heterocycles. The van der Waals surface area contributed by atoms with E-state index in [-0.39, 0.29) is 18.2 Å². The third-order valence-corrected chi connectivity index (χ3v) is 4.52. The molecule has 0 saturated heterocycles. The summed E-state index contributed by atoms with van der Waals surface area (Å²) >= 11 is 0. The quantitative estimate of drug-likeness (QED) is 0.750. The summed E-state index contributed by atoms with van der Waals surface area (Å²) in [4.78, 5) is 13.4. The Morgan fingerprint density at radius 2 is 2.15 bits per heavy atom. The van der Waals surface area contributed by atoms with E-state index < -0.39 is 0 Å².